The average molecular weight is 1410 g/mol. The van der Waals surface area contributed by atoms with Gasteiger partial charge in [0.05, 0.1) is 38.6 Å². The van der Waals surface area contributed by atoms with Crippen molar-refractivity contribution in [1.29, 1.82) is 0 Å². The molecule has 3 fully saturated rings. The third-order valence-electron chi connectivity index (χ3n) is 19.5. The predicted octanol–water partition coefficient (Wildman–Crippen LogP) is 12.8. The van der Waals surface area contributed by atoms with Gasteiger partial charge in [0.15, 0.2) is 18.9 Å². The highest BCUT2D eigenvalue weighted by molar-refractivity contribution is 5.76. The van der Waals surface area contributed by atoms with Gasteiger partial charge < -0.3 is 89.9 Å². The van der Waals surface area contributed by atoms with Gasteiger partial charge in [-0.05, 0) is 64.2 Å². The van der Waals surface area contributed by atoms with E-state index in [-0.39, 0.29) is 18.9 Å². The maximum atomic E-state index is 13.5. The molecule has 0 bridgehead atoms. The van der Waals surface area contributed by atoms with E-state index in [2.05, 4.69) is 92.1 Å². The first-order valence-corrected chi connectivity index (χ1v) is 39.7. The molecule has 17 unspecified atom stereocenters. The molecule has 0 aromatic rings. The van der Waals surface area contributed by atoms with Gasteiger partial charge in [-0.1, -0.05) is 299 Å². The molecule has 19 nitrogen and oxygen atoms in total. The molecule has 0 saturated carbocycles. The van der Waals surface area contributed by atoms with Gasteiger partial charge in [0.1, 0.15) is 73.2 Å². The summed E-state index contributed by atoms with van der Waals surface area (Å²) in [7, 11) is 0. The van der Waals surface area contributed by atoms with Crippen molar-refractivity contribution in [3.63, 3.8) is 0 Å². The van der Waals surface area contributed by atoms with E-state index < -0.39 is 124 Å². The van der Waals surface area contributed by atoms with Gasteiger partial charge in [0.2, 0.25) is 5.91 Å². The Labute approximate surface area is 598 Å². The Morgan fingerprint density at radius 3 is 1.09 bits per heavy atom. The SMILES string of the molecule is CC/C=C\C/C=C\C/C=C\C/C=C\C/C=C\C/C=C\CCCCCCCCCCCCCCCCCCCCC(=O)NC(COC1OC(CO)C(OC2OC(CO)C(OC3OC(CO)C(O)C(O)C3O)C(O)C2O)C(O)C1O)C(O)CCCCCCCCCCCCCCCCCCC. The summed E-state index contributed by atoms with van der Waals surface area (Å²) in [5.41, 5.74) is 0. The largest absolute Gasteiger partial charge is 0.394 e. The summed E-state index contributed by atoms with van der Waals surface area (Å²) in [6.45, 7) is 1.71. The van der Waals surface area contributed by atoms with E-state index >= 15 is 0 Å². The van der Waals surface area contributed by atoms with Crippen LogP contribution >= 0.6 is 0 Å². The maximum absolute atomic E-state index is 13.5. The lowest BCUT2D eigenvalue weighted by atomic mass is 9.96. The van der Waals surface area contributed by atoms with E-state index in [1.807, 2.05) is 0 Å². The number of aliphatic hydroxyl groups excluding tert-OH is 11. The monoisotopic (exact) mass is 1410 g/mol. The molecule has 0 radical (unpaired) electrons. The van der Waals surface area contributed by atoms with Crippen molar-refractivity contribution in [3.8, 4) is 0 Å². The summed E-state index contributed by atoms with van der Waals surface area (Å²) in [5, 5.41) is 121. The van der Waals surface area contributed by atoms with Gasteiger partial charge >= 0.3 is 0 Å². The normalized spacial score (nSPS) is 27.0. The zero-order chi connectivity index (χ0) is 71.8. The molecule has 576 valence electrons. The fraction of sp³-hybridized carbons (Fsp3) is 0.838. The van der Waals surface area contributed by atoms with Gasteiger partial charge in [-0.2, -0.15) is 0 Å². The molecule has 3 aliphatic rings. The molecule has 3 rings (SSSR count). The number of aliphatic hydroxyl groups is 11. The standard InChI is InChI=1S/C80H143NO18/c1-3-5-7-9-11-13-15-17-19-21-22-23-24-25-26-27-28-29-30-31-32-33-34-35-36-37-38-39-40-42-44-46-48-50-52-54-56-58-68(86)81-63(64(85)57-55-53-51-49-47-45-43-41-20-18-16-14-12-10-8-6-4-2)62-94-78-74(92)71(89)76(66(60-83)96-78)99-80-75(93)72(90)77(67(61-84)97-80)98-79-73(91)70(88)69(87)65(59-82)95-79/h5,7,11,13,17,19,22-23,25-26,28-29,63-67,69-80,82-85,87-93H,3-4,6,8-10,12,14-16,18,20-21,24,27,30-62H2,1-2H3,(H,81,86)/b7-5-,13-11-,19-17-,23-22-,26-25-,29-28-. The Bertz CT molecular complexity index is 2070. The highest BCUT2D eigenvalue weighted by Crippen LogP contribution is 2.33. The number of nitrogens with one attached hydrogen (secondary N) is 1. The smallest absolute Gasteiger partial charge is 0.220 e. The minimum atomic E-state index is -1.97. The topological polar surface area (TPSA) is 307 Å². The van der Waals surface area contributed by atoms with Crippen LogP contribution in [0.2, 0.25) is 0 Å². The van der Waals surface area contributed by atoms with Crippen molar-refractivity contribution < 1.29 is 89.4 Å². The first kappa shape index (κ1) is 90.4. The average Bonchev–Trinajstić information content (AvgIpc) is 0.786. The maximum Gasteiger partial charge on any atom is 0.220 e. The van der Waals surface area contributed by atoms with Gasteiger partial charge in [0, 0.05) is 6.42 Å². The predicted molar refractivity (Wildman–Crippen MR) is 392 cm³/mol. The number of carbonyl (C=O) groups excluding carboxylic acids is 1. The molecule has 0 aromatic heterocycles. The summed E-state index contributed by atoms with van der Waals surface area (Å²) in [6.07, 6.45) is 51.3. The van der Waals surface area contributed by atoms with Crippen LogP contribution in [0.25, 0.3) is 0 Å². The molecule has 0 aliphatic carbocycles. The Kier molecular flexibility index (Phi) is 55.3. The van der Waals surface area contributed by atoms with Crippen LogP contribution in [0, 0.1) is 0 Å². The molecule has 0 aromatic carbocycles. The van der Waals surface area contributed by atoms with Gasteiger partial charge in [0.25, 0.3) is 0 Å². The Balaban J connectivity index is 1.32. The molecule has 0 spiro atoms. The Morgan fingerprint density at radius 2 is 0.697 bits per heavy atom. The summed E-state index contributed by atoms with van der Waals surface area (Å²) in [6, 6.07) is -0.889. The van der Waals surface area contributed by atoms with Crippen LogP contribution in [-0.4, -0.2) is 193 Å². The lowest BCUT2D eigenvalue weighted by Crippen LogP contribution is -2.66. The minimum absolute atomic E-state index is 0.240. The number of ether oxygens (including phenoxy) is 6. The quantitative estimate of drug-likeness (QED) is 0.0199. The van der Waals surface area contributed by atoms with E-state index in [1.165, 1.54) is 180 Å². The van der Waals surface area contributed by atoms with Crippen LogP contribution in [0.3, 0.4) is 0 Å². The zero-order valence-corrected chi connectivity index (χ0v) is 61.5. The van der Waals surface area contributed by atoms with Crippen molar-refractivity contribution in [2.75, 3.05) is 26.4 Å². The second-order valence-electron chi connectivity index (χ2n) is 28.2. The van der Waals surface area contributed by atoms with Crippen LogP contribution in [0.4, 0.5) is 0 Å². The third-order valence-corrected chi connectivity index (χ3v) is 19.5. The number of unbranched alkanes of at least 4 members (excludes halogenated alkanes) is 34. The molecular weight excluding hydrogens is 1260 g/mol. The summed E-state index contributed by atoms with van der Waals surface area (Å²) in [4.78, 5) is 13.5. The number of hydrogen-bond donors (Lipinski definition) is 12. The summed E-state index contributed by atoms with van der Waals surface area (Å²) >= 11 is 0. The van der Waals surface area contributed by atoms with E-state index in [0.717, 1.165) is 83.5 Å². The van der Waals surface area contributed by atoms with E-state index in [1.54, 1.807) is 0 Å². The summed E-state index contributed by atoms with van der Waals surface area (Å²) < 4.78 is 34.5. The molecule has 1 amide bonds. The van der Waals surface area contributed by atoms with Crippen LogP contribution in [-0.2, 0) is 33.2 Å². The van der Waals surface area contributed by atoms with Crippen molar-refractivity contribution in [2.45, 2.75) is 401 Å². The second-order valence-corrected chi connectivity index (χ2v) is 28.2. The lowest BCUT2D eigenvalue weighted by molar-refractivity contribution is -0.379. The highest BCUT2D eigenvalue weighted by atomic mass is 16.8. The van der Waals surface area contributed by atoms with Gasteiger partial charge in [-0.25, -0.2) is 0 Å². The van der Waals surface area contributed by atoms with Crippen molar-refractivity contribution in [3.05, 3.63) is 72.9 Å². The fourth-order valence-electron chi connectivity index (χ4n) is 13.2. The Hall–Kier alpha value is -2.77. The zero-order valence-electron chi connectivity index (χ0n) is 61.5. The van der Waals surface area contributed by atoms with Crippen LogP contribution in [0.15, 0.2) is 72.9 Å². The van der Waals surface area contributed by atoms with Gasteiger partial charge in [-0.15, -0.1) is 0 Å². The molecule has 19 heteroatoms. The summed E-state index contributed by atoms with van der Waals surface area (Å²) in [5.74, 6) is -0.240. The van der Waals surface area contributed by atoms with E-state index in [4.69, 9.17) is 28.4 Å². The number of allylic oxidation sites excluding steroid dienone is 12. The molecule has 12 N–H and O–H groups in total. The third kappa shape index (κ3) is 40.9. The van der Waals surface area contributed by atoms with Crippen molar-refractivity contribution >= 4 is 5.91 Å². The second kappa shape index (κ2) is 60.5. The number of rotatable bonds is 62. The Morgan fingerprint density at radius 1 is 0.374 bits per heavy atom. The van der Waals surface area contributed by atoms with E-state index in [9.17, 15) is 61.0 Å². The van der Waals surface area contributed by atoms with E-state index in [0.29, 0.717) is 12.8 Å². The van der Waals surface area contributed by atoms with Crippen LogP contribution < -0.4 is 5.32 Å². The molecule has 3 aliphatic heterocycles. The van der Waals surface area contributed by atoms with Crippen LogP contribution in [0.1, 0.15) is 296 Å². The molecule has 17 atom stereocenters. The first-order valence-electron chi connectivity index (χ1n) is 39.7. The minimum Gasteiger partial charge on any atom is -0.394 e. The molecular formula is C80H143NO18. The number of carbonyl (C=O) groups is 1. The lowest BCUT2D eigenvalue weighted by Gasteiger charge is -2.48. The highest BCUT2D eigenvalue weighted by Gasteiger charge is 2.54. The number of amides is 1. The first-order chi connectivity index (χ1) is 48.3. The molecule has 99 heavy (non-hydrogen) atoms. The van der Waals surface area contributed by atoms with Gasteiger partial charge in [-0.3, -0.25) is 4.79 Å². The fourth-order valence-corrected chi connectivity index (χ4v) is 13.2. The molecule has 3 saturated heterocycles. The van der Waals surface area contributed by atoms with Crippen molar-refractivity contribution in [2.24, 2.45) is 0 Å². The molecule has 3 heterocycles. The van der Waals surface area contributed by atoms with Crippen LogP contribution in [0.5, 0.6) is 0 Å². The number of hydrogen-bond acceptors (Lipinski definition) is 18. The van der Waals surface area contributed by atoms with Crippen molar-refractivity contribution in [1.82, 2.24) is 5.32 Å².